The van der Waals surface area contributed by atoms with Gasteiger partial charge in [-0.2, -0.15) is 0 Å². The lowest BCUT2D eigenvalue weighted by Crippen LogP contribution is -2.29. The van der Waals surface area contributed by atoms with Crippen molar-refractivity contribution < 1.29 is 28.6 Å². The number of halogens is 1. The summed E-state index contributed by atoms with van der Waals surface area (Å²) >= 11 is 1.17. The number of hydrogen-bond acceptors (Lipinski definition) is 7. The van der Waals surface area contributed by atoms with Crippen molar-refractivity contribution in [3.8, 4) is 11.5 Å². The van der Waals surface area contributed by atoms with E-state index in [4.69, 9.17) is 9.47 Å². The number of aromatic nitrogens is 1. The van der Waals surface area contributed by atoms with Crippen LogP contribution < -0.4 is 14.4 Å². The molecule has 1 atom stereocenters. The third-order valence-corrected chi connectivity index (χ3v) is 6.82. The first-order chi connectivity index (χ1) is 16.9. The maximum atomic E-state index is 15.0. The second kappa shape index (κ2) is 8.84. The van der Waals surface area contributed by atoms with Crippen molar-refractivity contribution in [2.24, 2.45) is 0 Å². The summed E-state index contributed by atoms with van der Waals surface area (Å²) in [5, 5.41) is 11.4. The van der Waals surface area contributed by atoms with Crippen molar-refractivity contribution in [1.82, 2.24) is 4.98 Å². The number of carbonyl (C=O) groups is 2. The molecular weight excluding hydrogens is 471 g/mol. The first-order valence-corrected chi connectivity index (χ1v) is 11.4. The number of anilines is 1. The Balaban J connectivity index is 1.72. The van der Waals surface area contributed by atoms with E-state index in [1.165, 1.54) is 36.6 Å². The molecule has 0 spiro atoms. The third kappa shape index (κ3) is 3.79. The number of Topliss-reactive ketones (excluding diaryl/α,β-unsaturated/α-hetero) is 1. The fraction of sp³-hybridized carbons (Fsp3) is 0.115. The summed E-state index contributed by atoms with van der Waals surface area (Å²) in [6.45, 7) is 0. The predicted octanol–water partition coefficient (Wildman–Crippen LogP) is 5.08. The first kappa shape index (κ1) is 22.5. The van der Waals surface area contributed by atoms with Crippen LogP contribution in [0.4, 0.5) is 9.52 Å². The van der Waals surface area contributed by atoms with Crippen LogP contribution in [-0.2, 0) is 9.59 Å². The summed E-state index contributed by atoms with van der Waals surface area (Å²) in [6, 6.07) is 16.2. The van der Waals surface area contributed by atoms with Crippen molar-refractivity contribution in [2.45, 2.75) is 6.04 Å². The average molecular weight is 491 g/mol. The zero-order valence-electron chi connectivity index (χ0n) is 18.7. The molecule has 0 saturated carbocycles. The Morgan fingerprint density at radius 3 is 2.37 bits per heavy atom. The van der Waals surface area contributed by atoms with Crippen LogP contribution in [0.15, 0.2) is 72.3 Å². The zero-order valence-corrected chi connectivity index (χ0v) is 19.5. The van der Waals surface area contributed by atoms with Gasteiger partial charge in [-0.15, -0.1) is 0 Å². The van der Waals surface area contributed by atoms with Gasteiger partial charge in [0, 0.05) is 11.1 Å². The van der Waals surface area contributed by atoms with Crippen LogP contribution in [0.5, 0.6) is 11.5 Å². The van der Waals surface area contributed by atoms with Crippen molar-refractivity contribution in [2.75, 3.05) is 19.1 Å². The molecule has 1 aromatic heterocycles. The van der Waals surface area contributed by atoms with E-state index >= 15 is 4.39 Å². The summed E-state index contributed by atoms with van der Waals surface area (Å²) in [6.07, 6.45) is 0. The number of carbonyl (C=O) groups excluding carboxylic acids is 2. The van der Waals surface area contributed by atoms with E-state index in [0.29, 0.717) is 22.6 Å². The molecule has 0 radical (unpaired) electrons. The minimum absolute atomic E-state index is 0.0681. The second-order valence-corrected chi connectivity index (χ2v) is 8.76. The van der Waals surface area contributed by atoms with Gasteiger partial charge in [-0.25, -0.2) is 9.37 Å². The SMILES string of the molecule is COc1ccc(/C(O)=C2\C(=O)C(=O)N(c3nc4ccc(OC)cc4s3)[C@H]2c2ccccc2F)cc1. The lowest BCUT2D eigenvalue weighted by molar-refractivity contribution is -0.132. The highest BCUT2D eigenvalue weighted by atomic mass is 32.1. The van der Waals surface area contributed by atoms with Gasteiger partial charge in [0.2, 0.25) is 0 Å². The molecule has 5 rings (SSSR count). The van der Waals surface area contributed by atoms with Gasteiger partial charge in [-0.1, -0.05) is 29.5 Å². The number of fused-ring (bicyclic) bond motifs is 1. The van der Waals surface area contributed by atoms with Gasteiger partial charge in [-0.05, 0) is 48.5 Å². The molecule has 1 saturated heterocycles. The van der Waals surface area contributed by atoms with Gasteiger partial charge in [-0.3, -0.25) is 14.5 Å². The number of amides is 1. The number of ketones is 1. The summed E-state index contributed by atoms with van der Waals surface area (Å²) in [5.74, 6) is -1.70. The van der Waals surface area contributed by atoms with Gasteiger partial charge in [0.1, 0.15) is 29.1 Å². The molecule has 0 aliphatic carbocycles. The highest BCUT2D eigenvalue weighted by molar-refractivity contribution is 7.22. The number of thiazole rings is 1. The Morgan fingerprint density at radius 1 is 1.00 bits per heavy atom. The second-order valence-electron chi connectivity index (χ2n) is 7.75. The van der Waals surface area contributed by atoms with Crippen LogP contribution in [0.2, 0.25) is 0 Å². The number of methoxy groups -OCH3 is 2. The van der Waals surface area contributed by atoms with Gasteiger partial charge >= 0.3 is 5.91 Å². The van der Waals surface area contributed by atoms with Crippen molar-refractivity contribution in [3.05, 3.63) is 89.2 Å². The Labute approximate surface area is 203 Å². The van der Waals surface area contributed by atoms with Crippen LogP contribution in [0.3, 0.4) is 0 Å². The molecule has 2 heterocycles. The van der Waals surface area contributed by atoms with Crippen LogP contribution in [0.1, 0.15) is 17.2 Å². The van der Waals surface area contributed by atoms with E-state index in [1.807, 2.05) is 0 Å². The molecule has 0 unspecified atom stereocenters. The molecule has 0 bridgehead atoms. The van der Waals surface area contributed by atoms with E-state index in [-0.39, 0.29) is 16.3 Å². The maximum absolute atomic E-state index is 15.0. The summed E-state index contributed by atoms with van der Waals surface area (Å²) < 4.78 is 26.2. The Morgan fingerprint density at radius 2 is 1.69 bits per heavy atom. The van der Waals surface area contributed by atoms with E-state index in [2.05, 4.69) is 4.98 Å². The minimum atomic E-state index is -1.21. The standard InChI is InChI=1S/C26H19FN2O5S/c1-33-15-9-7-14(8-10-15)23(30)21-22(17-5-3-4-6-18(17)27)29(25(32)24(21)31)26-28-19-12-11-16(34-2)13-20(19)35-26/h3-13,22,30H,1-2H3/b23-21+/t22-/m0/s1. The van der Waals surface area contributed by atoms with Gasteiger partial charge < -0.3 is 14.6 Å². The fourth-order valence-electron chi connectivity index (χ4n) is 4.05. The highest BCUT2D eigenvalue weighted by Gasteiger charge is 2.49. The highest BCUT2D eigenvalue weighted by Crippen LogP contribution is 2.45. The maximum Gasteiger partial charge on any atom is 0.301 e. The fourth-order valence-corrected chi connectivity index (χ4v) is 5.07. The summed E-state index contributed by atoms with van der Waals surface area (Å²) in [5.41, 5.74) is 0.731. The smallest absolute Gasteiger partial charge is 0.301 e. The van der Waals surface area contributed by atoms with Crippen LogP contribution in [-0.4, -0.2) is 36.0 Å². The van der Waals surface area contributed by atoms with Crippen molar-refractivity contribution >= 4 is 44.1 Å². The molecular formula is C26H19FN2O5S. The van der Waals surface area contributed by atoms with Gasteiger partial charge in [0.15, 0.2) is 5.13 Å². The number of benzene rings is 3. The molecule has 7 nitrogen and oxygen atoms in total. The number of nitrogens with zero attached hydrogens (tertiary/aromatic N) is 2. The van der Waals surface area contributed by atoms with Crippen LogP contribution in [0.25, 0.3) is 16.0 Å². The largest absolute Gasteiger partial charge is 0.507 e. The minimum Gasteiger partial charge on any atom is -0.507 e. The topological polar surface area (TPSA) is 89.0 Å². The number of rotatable bonds is 5. The van der Waals surface area contributed by atoms with E-state index in [1.54, 1.807) is 55.6 Å². The molecule has 1 fully saturated rings. The first-order valence-electron chi connectivity index (χ1n) is 10.6. The monoisotopic (exact) mass is 490 g/mol. The quantitative estimate of drug-likeness (QED) is 0.239. The van der Waals surface area contributed by atoms with Crippen molar-refractivity contribution in [3.63, 3.8) is 0 Å². The molecule has 35 heavy (non-hydrogen) atoms. The number of hydrogen-bond donors (Lipinski definition) is 1. The predicted molar refractivity (Wildman–Crippen MR) is 130 cm³/mol. The van der Waals surface area contributed by atoms with Gasteiger partial charge in [0.05, 0.1) is 30.0 Å². The number of aliphatic hydroxyl groups excluding tert-OH is 1. The van der Waals surface area contributed by atoms with Gasteiger partial charge in [0.25, 0.3) is 5.78 Å². The molecule has 176 valence electrons. The molecule has 1 aliphatic rings. The van der Waals surface area contributed by atoms with Crippen LogP contribution >= 0.6 is 11.3 Å². The number of aliphatic hydroxyl groups is 1. The molecule has 1 aliphatic heterocycles. The molecule has 9 heteroatoms. The average Bonchev–Trinajstić information content (AvgIpc) is 3.41. The molecule has 1 N–H and O–H groups in total. The van der Waals surface area contributed by atoms with E-state index < -0.39 is 29.3 Å². The lowest BCUT2D eigenvalue weighted by atomic mass is 9.95. The molecule has 1 amide bonds. The normalized spacial score (nSPS) is 17.2. The number of ether oxygens (including phenoxy) is 2. The molecule has 4 aromatic rings. The zero-order chi connectivity index (χ0) is 24.7. The lowest BCUT2D eigenvalue weighted by Gasteiger charge is -2.23. The van der Waals surface area contributed by atoms with Crippen molar-refractivity contribution in [1.29, 1.82) is 0 Å². The Kier molecular flexibility index (Phi) is 5.70. The van der Waals surface area contributed by atoms with E-state index in [9.17, 15) is 14.7 Å². The third-order valence-electron chi connectivity index (χ3n) is 5.80. The Bertz CT molecular complexity index is 1500. The molecule has 3 aromatic carbocycles. The summed E-state index contributed by atoms with van der Waals surface area (Å²) in [4.78, 5) is 32.2. The van der Waals surface area contributed by atoms with E-state index in [0.717, 1.165) is 9.60 Å². The van der Waals surface area contributed by atoms with Crippen LogP contribution in [0, 0.1) is 5.82 Å². The Hall–Kier alpha value is -4.24. The summed E-state index contributed by atoms with van der Waals surface area (Å²) in [7, 11) is 3.05.